The van der Waals surface area contributed by atoms with Gasteiger partial charge in [0, 0.05) is 60.1 Å². The van der Waals surface area contributed by atoms with Crippen molar-refractivity contribution in [3.63, 3.8) is 0 Å². The molecule has 0 saturated carbocycles. The van der Waals surface area contributed by atoms with Gasteiger partial charge in [-0.25, -0.2) is 19.2 Å². The Morgan fingerprint density at radius 3 is 2.47 bits per heavy atom. The van der Waals surface area contributed by atoms with Crippen LogP contribution in [-0.4, -0.2) is 126 Å². The monoisotopic (exact) mass is 1110 g/mol. The minimum atomic E-state index is -2.00. The van der Waals surface area contributed by atoms with Crippen LogP contribution in [0.1, 0.15) is 133 Å². The number of pyridine rings is 2. The van der Waals surface area contributed by atoms with Crippen LogP contribution in [0.4, 0.5) is 4.39 Å². The maximum Gasteiger partial charge on any atom is 0.343 e. The second-order valence-electron chi connectivity index (χ2n) is 20.8. The number of benzene rings is 1. The molecule has 21 nitrogen and oxygen atoms in total. The summed E-state index contributed by atoms with van der Waals surface area (Å²) >= 11 is 5.01. The van der Waals surface area contributed by atoms with Gasteiger partial charge in [-0.3, -0.25) is 28.7 Å². The van der Waals surface area contributed by atoms with Gasteiger partial charge in [-0.2, -0.15) is 0 Å². The summed E-state index contributed by atoms with van der Waals surface area (Å²) in [6.45, 7) is 14.2. The van der Waals surface area contributed by atoms with Crippen LogP contribution in [0.2, 0.25) is 0 Å². The van der Waals surface area contributed by atoms with Gasteiger partial charge < -0.3 is 50.3 Å². The average Bonchev–Trinajstić information content (AvgIpc) is 4.29. The zero-order chi connectivity index (χ0) is 56.8. The molecule has 4 aromatic heterocycles. The minimum absolute atomic E-state index is 0.00481. The number of unbranched alkanes of at least 4 members (excludes halogenated alkanes) is 3. The molecule has 0 unspecified atom stereocenters. The number of carbonyl (C=O) groups is 5. The Kier molecular flexibility index (Phi) is 21.1. The Labute approximate surface area is 464 Å². The van der Waals surface area contributed by atoms with Crippen LogP contribution in [-0.2, 0) is 65.2 Å². The fourth-order valence-electron chi connectivity index (χ4n) is 10.2. The van der Waals surface area contributed by atoms with Gasteiger partial charge in [0.15, 0.2) is 10.4 Å². The lowest BCUT2D eigenvalue weighted by Crippen LogP contribution is -2.56. The van der Waals surface area contributed by atoms with E-state index in [0.29, 0.717) is 71.6 Å². The van der Waals surface area contributed by atoms with Crippen LogP contribution in [0.3, 0.4) is 0 Å². The lowest BCUT2D eigenvalue weighted by Gasteiger charge is -2.31. The number of esters is 1. The molecule has 6 heterocycles. The number of aromatic amines is 1. The number of carbonyl (C=O) groups excluding carboxylic acids is 5. The molecule has 23 heteroatoms. The normalized spacial score (nSPS) is 15.3. The molecule has 426 valence electrons. The Balaban J connectivity index is 0.900. The lowest BCUT2D eigenvalue weighted by molar-refractivity contribution is -0.172. The van der Waals surface area contributed by atoms with Gasteiger partial charge in [-0.1, -0.05) is 46.3 Å². The quantitative estimate of drug-likeness (QED) is 0.0140. The van der Waals surface area contributed by atoms with E-state index in [1.54, 1.807) is 47.6 Å². The van der Waals surface area contributed by atoms with Crippen LogP contribution in [0, 0.1) is 23.4 Å². The number of aryl methyl sites for hydroxylation is 3. The summed E-state index contributed by atoms with van der Waals surface area (Å²) in [5.41, 5.74) is 2.70. The van der Waals surface area contributed by atoms with Crippen LogP contribution in [0.15, 0.2) is 41.6 Å². The summed E-state index contributed by atoms with van der Waals surface area (Å²) < 4.78 is 29.7. The number of hydrogen-bond acceptors (Lipinski definition) is 15. The fourth-order valence-corrected chi connectivity index (χ4v) is 10.3. The van der Waals surface area contributed by atoms with E-state index in [9.17, 15) is 33.9 Å². The van der Waals surface area contributed by atoms with Crippen molar-refractivity contribution >= 4 is 52.7 Å². The second-order valence-corrected chi connectivity index (χ2v) is 21.2. The molecule has 7 rings (SSSR count). The first kappa shape index (κ1) is 59.8. The Hall–Kier alpha value is -6.82. The number of amides is 4. The highest BCUT2D eigenvalue weighted by atomic mass is 32.1. The summed E-state index contributed by atoms with van der Waals surface area (Å²) in [6, 6.07) is 2.86. The summed E-state index contributed by atoms with van der Waals surface area (Å²) in [7, 11) is 0. The average molecular weight is 1110 g/mol. The molecule has 3 atom stereocenters. The summed E-state index contributed by atoms with van der Waals surface area (Å²) in [4.78, 5) is 94.7. The molecule has 2 aliphatic rings. The Morgan fingerprint density at radius 1 is 0.962 bits per heavy atom. The van der Waals surface area contributed by atoms with E-state index in [4.69, 9.17) is 26.7 Å². The number of nitrogens with zero attached hydrogens (tertiary/aromatic N) is 7. The van der Waals surface area contributed by atoms with Gasteiger partial charge >= 0.3 is 5.97 Å². The Morgan fingerprint density at radius 2 is 1.75 bits per heavy atom. The molecule has 0 spiro atoms. The molecular formula is C56H75FN12O9S. The van der Waals surface area contributed by atoms with Crippen LogP contribution in [0.5, 0.6) is 0 Å². The zero-order valence-corrected chi connectivity index (χ0v) is 47.0. The molecule has 0 bridgehead atoms. The molecule has 0 fully saturated rings. The highest BCUT2D eigenvalue weighted by Crippen LogP contribution is 2.41. The summed E-state index contributed by atoms with van der Waals surface area (Å²) in [5.74, 6) is -3.35. The molecule has 5 aromatic rings. The summed E-state index contributed by atoms with van der Waals surface area (Å²) in [6.07, 6.45) is 12.2. The minimum Gasteiger partial charge on any atom is -0.458 e. The van der Waals surface area contributed by atoms with Crippen molar-refractivity contribution in [2.45, 2.75) is 156 Å². The lowest BCUT2D eigenvalue weighted by atomic mass is 9.86. The highest BCUT2D eigenvalue weighted by Gasteiger charge is 2.45. The number of fused-ring (bicyclic) bond motifs is 5. The number of rotatable bonds is 30. The maximum absolute atomic E-state index is 15.0. The first-order chi connectivity index (χ1) is 38.0. The van der Waals surface area contributed by atoms with Gasteiger partial charge in [0.1, 0.15) is 36.9 Å². The second kappa shape index (κ2) is 27.9. The third-order valence-corrected chi connectivity index (χ3v) is 14.8. The van der Waals surface area contributed by atoms with Gasteiger partial charge in [0.05, 0.1) is 41.8 Å². The molecule has 79 heavy (non-hydrogen) atoms. The predicted octanol–water partition coefficient (Wildman–Crippen LogP) is 5.56. The smallest absolute Gasteiger partial charge is 0.343 e. The van der Waals surface area contributed by atoms with Crippen molar-refractivity contribution in [1.29, 1.82) is 0 Å². The number of aliphatic hydroxyl groups is 1. The molecule has 4 amide bonds. The van der Waals surface area contributed by atoms with Crippen LogP contribution < -0.4 is 26.8 Å². The number of H-pyrrole nitrogens is 1. The van der Waals surface area contributed by atoms with E-state index in [1.165, 1.54) is 6.07 Å². The first-order valence-electron chi connectivity index (χ1n) is 27.6. The topological polar surface area (TPSA) is 270 Å². The number of cyclic esters (lactones) is 1. The SMILES string of the molecule is CCCN(CCC)CCCC[C@H](NC(=O)[C@@H](NC(=O)CCCCCn1cc(-c2cnc(=S)[nH]c2)nn1)C(C)C)C(=O)NCC(=O)NCOCCCc1c2c(nc3cc(F)c(C)cc13)-c1cc3c(c(=O)n1C2)COC(=O)[C@]3(O)CC. The van der Waals surface area contributed by atoms with Crippen molar-refractivity contribution < 1.29 is 42.9 Å². The van der Waals surface area contributed by atoms with E-state index in [0.717, 1.165) is 73.8 Å². The van der Waals surface area contributed by atoms with Gasteiger partial charge in [-0.05, 0) is 132 Å². The van der Waals surface area contributed by atoms with E-state index in [1.807, 2.05) is 20.0 Å². The van der Waals surface area contributed by atoms with Crippen LogP contribution in [0.25, 0.3) is 33.5 Å². The molecule has 6 N–H and O–H groups in total. The molecular weight excluding hydrogens is 1040 g/mol. The third-order valence-electron chi connectivity index (χ3n) is 14.6. The van der Waals surface area contributed by atoms with Gasteiger partial charge in [-0.15, -0.1) is 5.10 Å². The van der Waals surface area contributed by atoms with E-state index < -0.39 is 52.8 Å². The van der Waals surface area contributed by atoms with E-state index in [2.05, 4.69) is 60.3 Å². The largest absolute Gasteiger partial charge is 0.458 e. The molecule has 1 aromatic carbocycles. The van der Waals surface area contributed by atoms with Crippen molar-refractivity contribution in [2.24, 2.45) is 5.92 Å². The maximum atomic E-state index is 15.0. The number of hydrogen-bond donors (Lipinski definition) is 6. The Bertz CT molecular complexity index is 3100. The van der Waals surface area contributed by atoms with Crippen molar-refractivity contribution in [1.82, 2.24) is 60.7 Å². The predicted molar refractivity (Wildman–Crippen MR) is 296 cm³/mol. The van der Waals surface area contributed by atoms with Crippen molar-refractivity contribution in [2.75, 3.05) is 39.5 Å². The number of ether oxygens (including phenoxy) is 2. The third kappa shape index (κ3) is 14.9. The van der Waals surface area contributed by atoms with E-state index in [-0.39, 0.29) is 68.8 Å². The van der Waals surface area contributed by atoms with Crippen molar-refractivity contribution in [3.05, 3.63) is 85.5 Å². The van der Waals surface area contributed by atoms with E-state index >= 15 is 4.39 Å². The first-order valence-corrected chi connectivity index (χ1v) is 28.0. The molecule has 0 aliphatic carbocycles. The fraction of sp³-hybridized carbons (Fsp3) is 0.554. The van der Waals surface area contributed by atoms with Gasteiger partial charge in [0.2, 0.25) is 23.6 Å². The molecule has 2 aliphatic heterocycles. The number of aromatic nitrogens is 7. The number of nitrogens with one attached hydrogen (secondary N) is 5. The standard InChI is InChI=1S/C56H75FN12O9S/c1-7-19-67(20-8-2)21-14-12-17-43(63-52(73)49(34(4)5)64-47(70)18-11-10-13-22-68-31-45(65-66-68)36-27-59-55(79)60-28-36)51(72)58-29-48(71)61-33-77-23-15-16-37-38-24-35(6)42(57)26-44(38)62-50-39(37)30-69-46(50)25-41-40(53(69)74)32-78-54(75)56(41,76)9-3/h24-28,31,34,43,49,76H,7-23,29-30,32-33H2,1-6H3,(H,58,72)(H,61,71)(H,63,73)(H,64,70)(H,59,60,79)/t43-,49-,56-/m0/s1. The van der Waals surface area contributed by atoms with Crippen LogP contribution >= 0.6 is 12.2 Å². The number of halogens is 1. The zero-order valence-electron chi connectivity index (χ0n) is 46.2. The van der Waals surface area contributed by atoms with Gasteiger partial charge in [0.25, 0.3) is 5.56 Å². The van der Waals surface area contributed by atoms with Crippen molar-refractivity contribution in [3.8, 4) is 22.6 Å². The molecule has 0 radical (unpaired) electrons. The highest BCUT2D eigenvalue weighted by molar-refractivity contribution is 7.71. The summed E-state index contributed by atoms with van der Waals surface area (Å²) in [5, 5.41) is 31.6. The molecule has 0 saturated heterocycles.